The third-order valence-electron chi connectivity index (χ3n) is 2.83. The summed E-state index contributed by atoms with van der Waals surface area (Å²) >= 11 is 0. The Labute approximate surface area is 80.6 Å². The van der Waals surface area contributed by atoms with Gasteiger partial charge in [0.05, 0.1) is 0 Å². The van der Waals surface area contributed by atoms with Crippen LogP contribution in [0.2, 0.25) is 18.1 Å². The van der Waals surface area contributed by atoms with Crippen LogP contribution in [0.15, 0.2) is 0 Å². The minimum Gasteiger partial charge on any atom is -0.462 e. The van der Waals surface area contributed by atoms with Gasteiger partial charge in [-0.2, -0.15) is 0 Å². The summed E-state index contributed by atoms with van der Waals surface area (Å²) in [5, 5.41) is 0.662. The Kier molecular flexibility index (Phi) is 4.00. The Bertz CT molecular complexity index is 130. The molecule has 0 bridgehead atoms. The predicted molar refractivity (Wildman–Crippen MR) is 60.0 cm³/mol. The van der Waals surface area contributed by atoms with Crippen molar-refractivity contribution in [1.29, 1.82) is 0 Å². The van der Waals surface area contributed by atoms with Crippen molar-refractivity contribution >= 4 is 18.8 Å². The van der Waals surface area contributed by atoms with E-state index in [0.717, 1.165) is 0 Å². The molecule has 3 heteroatoms. The highest BCUT2D eigenvalue weighted by atomic mass is 28.3. The van der Waals surface area contributed by atoms with Gasteiger partial charge in [0, 0.05) is 0 Å². The molecule has 1 aliphatic carbocycles. The first kappa shape index (κ1) is 10.5. The lowest BCUT2D eigenvalue weighted by molar-refractivity contribution is 0.374. The highest BCUT2D eigenvalue weighted by Gasteiger charge is 2.27. The minimum atomic E-state index is -0.723. The molecule has 0 atom stereocenters. The van der Waals surface area contributed by atoms with E-state index in [9.17, 15) is 0 Å². The smallest absolute Gasteiger partial charge is 0.156 e. The van der Waals surface area contributed by atoms with Crippen LogP contribution in [0.4, 0.5) is 0 Å². The summed E-state index contributed by atoms with van der Waals surface area (Å²) in [5.41, 5.74) is 0. The molecule has 1 aliphatic rings. The summed E-state index contributed by atoms with van der Waals surface area (Å²) in [6.07, 6.45) is 7.25. The summed E-state index contributed by atoms with van der Waals surface area (Å²) < 4.78 is 5.96. The van der Waals surface area contributed by atoms with Crippen LogP contribution in [0.3, 0.4) is 0 Å². The molecular formula is C9H22OSi2. The van der Waals surface area contributed by atoms with Crippen molar-refractivity contribution in [1.82, 2.24) is 0 Å². The van der Waals surface area contributed by atoms with E-state index in [0.29, 0.717) is 5.04 Å². The molecule has 1 saturated carbocycles. The van der Waals surface area contributed by atoms with Gasteiger partial charge in [-0.25, -0.2) is 0 Å². The fraction of sp³-hybridized carbons (Fsp3) is 1.00. The Morgan fingerprint density at radius 2 is 1.75 bits per heavy atom. The van der Waals surface area contributed by atoms with Crippen molar-refractivity contribution in [3.8, 4) is 0 Å². The van der Waals surface area contributed by atoms with Gasteiger partial charge < -0.3 is 4.12 Å². The van der Waals surface area contributed by atoms with E-state index in [1.54, 1.807) is 0 Å². The average Bonchev–Trinajstić information content (AvgIpc) is 2.03. The van der Waals surface area contributed by atoms with Gasteiger partial charge in [-0.15, -0.1) is 0 Å². The molecule has 0 unspecified atom stereocenters. The van der Waals surface area contributed by atoms with Crippen LogP contribution in [0, 0.1) is 0 Å². The molecule has 12 heavy (non-hydrogen) atoms. The highest BCUT2D eigenvalue weighted by Crippen LogP contribution is 2.41. The van der Waals surface area contributed by atoms with E-state index < -0.39 is 9.04 Å². The van der Waals surface area contributed by atoms with Crippen LogP contribution in [0.25, 0.3) is 0 Å². The molecule has 1 nitrogen and oxygen atoms in total. The zero-order valence-corrected chi connectivity index (χ0v) is 11.3. The molecule has 0 amide bonds. The molecule has 0 aromatic carbocycles. The zero-order chi connectivity index (χ0) is 9.03. The first-order valence-corrected chi connectivity index (χ1v) is 9.31. The second-order valence-corrected chi connectivity index (χ2v) is 10.2. The molecule has 1 fully saturated rings. The maximum atomic E-state index is 5.96. The van der Waals surface area contributed by atoms with E-state index in [-0.39, 0.29) is 9.76 Å². The summed E-state index contributed by atoms with van der Waals surface area (Å²) in [5.74, 6) is 0. The molecule has 0 saturated heterocycles. The molecule has 0 N–H and O–H groups in total. The number of rotatable bonds is 3. The summed E-state index contributed by atoms with van der Waals surface area (Å²) in [6, 6.07) is 0. The van der Waals surface area contributed by atoms with Gasteiger partial charge in [-0.05, 0) is 31.0 Å². The van der Waals surface area contributed by atoms with Crippen LogP contribution in [0.1, 0.15) is 39.0 Å². The lowest BCUT2D eigenvalue weighted by atomic mass is 9.90. The number of hydrogen-bond acceptors (Lipinski definition) is 1. The standard InChI is InChI=1S/C9H22OSi2/c1-9(11-10-12(2)3)7-5-4-6-8-9/h12H,4-8,11H2,1-3H3. The molecule has 0 aromatic heterocycles. The predicted octanol–water partition coefficient (Wildman–Crippen LogP) is 2.21. The van der Waals surface area contributed by atoms with E-state index in [2.05, 4.69) is 20.0 Å². The average molecular weight is 202 g/mol. The highest BCUT2D eigenvalue weighted by molar-refractivity contribution is 6.57. The summed E-state index contributed by atoms with van der Waals surface area (Å²) in [6.45, 7) is 7.04. The molecular weight excluding hydrogens is 180 g/mol. The Balaban J connectivity index is 2.26. The summed E-state index contributed by atoms with van der Waals surface area (Å²) in [7, 11) is -0.940. The first-order valence-electron chi connectivity index (χ1n) is 5.24. The molecule has 0 radical (unpaired) electrons. The van der Waals surface area contributed by atoms with Gasteiger partial charge in [0.25, 0.3) is 0 Å². The van der Waals surface area contributed by atoms with Crippen molar-refractivity contribution in [2.24, 2.45) is 0 Å². The maximum absolute atomic E-state index is 5.96. The summed E-state index contributed by atoms with van der Waals surface area (Å²) in [4.78, 5) is 0. The van der Waals surface area contributed by atoms with Crippen LogP contribution in [0.5, 0.6) is 0 Å². The normalized spacial score (nSPS) is 24.0. The van der Waals surface area contributed by atoms with E-state index in [4.69, 9.17) is 4.12 Å². The fourth-order valence-corrected chi connectivity index (χ4v) is 5.65. The van der Waals surface area contributed by atoms with Gasteiger partial charge in [-0.3, -0.25) is 0 Å². The van der Waals surface area contributed by atoms with Gasteiger partial charge >= 0.3 is 0 Å². The van der Waals surface area contributed by atoms with Gasteiger partial charge in [0.15, 0.2) is 18.8 Å². The molecule has 72 valence electrons. The van der Waals surface area contributed by atoms with Crippen LogP contribution in [-0.4, -0.2) is 18.8 Å². The van der Waals surface area contributed by atoms with Crippen LogP contribution in [-0.2, 0) is 4.12 Å². The van der Waals surface area contributed by atoms with Gasteiger partial charge in [0.2, 0.25) is 0 Å². The SMILES string of the molecule is C[SiH](C)O[SiH2]C1(C)CCCCC1. The first-order chi connectivity index (χ1) is 5.62. The minimum absolute atomic E-state index is 0.217. The van der Waals surface area contributed by atoms with Crippen molar-refractivity contribution in [2.45, 2.75) is 57.2 Å². The fourth-order valence-electron chi connectivity index (χ4n) is 1.92. The van der Waals surface area contributed by atoms with Gasteiger partial charge in [-0.1, -0.05) is 26.2 Å². The van der Waals surface area contributed by atoms with Crippen molar-refractivity contribution in [3.05, 3.63) is 0 Å². The third kappa shape index (κ3) is 3.41. The van der Waals surface area contributed by atoms with Crippen molar-refractivity contribution in [3.63, 3.8) is 0 Å². The van der Waals surface area contributed by atoms with E-state index in [1.807, 2.05) is 0 Å². The lowest BCUT2D eigenvalue weighted by Gasteiger charge is -2.33. The van der Waals surface area contributed by atoms with Crippen LogP contribution < -0.4 is 0 Å². The lowest BCUT2D eigenvalue weighted by Crippen LogP contribution is -2.26. The molecule has 0 heterocycles. The molecule has 0 aliphatic heterocycles. The monoisotopic (exact) mass is 202 g/mol. The van der Waals surface area contributed by atoms with Crippen LogP contribution >= 0.6 is 0 Å². The Hall–Kier alpha value is 0.394. The second kappa shape index (κ2) is 4.58. The van der Waals surface area contributed by atoms with Crippen molar-refractivity contribution in [2.75, 3.05) is 0 Å². The third-order valence-corrected chi connectivity index (χ3v) is 7.56. The Morgan fingerprint density at radius 1 is 1.17 bits per heavy atom. The second-order valence-electron chi connectivity index (χ2n) is 4.73. The Morgan fingerprint density at radius 3 is 2.25 bits per heavy atom. The molecule has 0 aromatic rings. The molecule has 1 rings (SSSR count). The van der Waals surface area contributed by atoms with Gasteiger partial charge in [0.1, 0.15) is 0 Å². The van der Waals surface area contributed by atoms with Crippen molar-refractivity contribution < 1.29 is 4.12 Å². The topological polar surface area (TPSA) is 9.23 Å². The maximum Gasteiger partial charge on any atom is 0.156 e. The molecule has 0 spiro atoms. The quantitative estimate of drug-likeness (QED) is 0.638. The van der Waals surface area contributed by atoms with E-state index in [1.165, 1.54) is 32.1 Å². The van der Waals surface area contributed by atoms with E-state index >= 15 is 0 Å². The number of hydrogen-bond donors (Lipinski definition) is 0. The zero-order valence-electron chi connectivity index (χ0n) is 8.73. The largest absolute Gasteiger partial charge is 0.462 e.